The van der Waals surface area contributed by atoms with Crippen molar-refractivity contribution in [1.29, 1.82) is 0 Å². The highest BCUT2D eigenvalue weighted by Gasteiger charge is 2.11. The van der Waals surface area contributed by atoms with Crippen LogP contribution in [-0.2, 0) is 6.54 Å². The van der Waals surface area contributed by atoms with Crippen molar-refractivity contribution in [1.82, 2.24) is 15.0 Å². The van der Waals surface area contributed by atoms with Gasteiger partial charge in [-0.1, -0.05) is 12.1 Å². The van der Waals surface area contributed by atoms with Gasteiger partial charge in [-0.15, -0.1) is 0 Å². The van der Waals surface area contributed by atoms with Gasteiger partial charge < -0.3 is 10.6 Å². The zero-order chi connectivity index (χ0) is 16.8. The Labute approximate surface area is 137 Å². The number of nitrogens with one attached hydrogen (secondary N) is 2. The van der Waals surface area contributed by atoms with Crippen LogP contribution in [0.15, 0.2) is 61.2 Å². The number of carbonyl (C=O) groups is 1. The fraction of sp³-hybridized carbons (Fsp3) is 0.0588. The molecular formula is C17H14FN5O. The first-order valence-electron chi connectivity index (χ1n) is 7.23. The van der Waals surface area contributed by atoms with Crippen molar-refractivity contribution in [3.63, 3.8) is 0 Å². The van der Waals surface area contributed by atoms with Crippen molar-refractivity contribution in [3.8, 4) is 0 Å². The van der Waals surface area contributed by atoms with E-state index in [-0.39, 0.29) is 11.4 Å². The summed E-state index contributed by atoms with van der Waals surface area (Å²) in [5, 5.41) is 5.59. The Morgan fingerprint density at radius 2 is 1.88 bits per heavy atom. The Morgan fingerprint density at radius 1 is 1.08 bits per heavy atom. The molecule has 24 heavy (non-hydrogen) atoms. The van der Waals surface area contributed by atoms with Crippen LogP contribution < -0.4 is 10.6 Å². The Kier molecular flexibility index (Phi) is 4.71. The van der Waals surface area contributed by atoms with E-state index in [2.05, 4.69) is 25.6 Å². The molecule has 7 heteroatoms. The highest BCUT2D eigenvalue weighted by Crippen LogP contribution is 2.14. The van der Waals surface area contributed by atoms with E-state index in [9.17, 15) is 9.18 Å². The molecule has 3 aromatic rings. The molecule has 2 aromatic heterocycles. The molecule has 6 nitrogen and oxygen atoms in total. The van der Waals surface area contributed by atoms with E-state index in [4.69, 9.17) is 0 Å². The maximum atomic E-state index is 13.6. The molecule has 3 rings (SSSR count). The number of halogens is 1. The average molecular weight is 323 g/mol. The highest BCUT2D eigenvalue weighted by molar-refractivity contribution is 6.03. The van der Waals surface area contributed by atoms with Crippen LogP contribution in [0, 0.1) is 5.82 Å². The summed E-state index contributed by atoms with van der Waals surface area (Å²) in [6.07, 6.45) is 4.68. The predicted octanol–water partition coefficient (Wildman–Crippen LogP) is 2.88. The quantitative estimate of drug-likeness (QED) is 0.755. The summed E-state index contributed by atoms with van der Waals surface area (Å²) < 4.78 is 13.6. The summed E-state index contributed by atoms with van der Waals surface area (Å²) in [6, 6.07) is 11.2. The third kappa shape index (κ3) is 3.89. The van der Waals surface area contributed by atoms with E-state index in [1.807, 2.05) is 12.1 Å². The number of carbonyl (C=O) groups excluding carboxylic acids is 1. The Morgan fingerprint density at radius 3 is 2.67 bits per heavy atom. The zero-order valence-corrected chi connectivity index (χ0v) is 12.6. The largest absolute Gasteiger partial charge is 0.366 e. The van der Waals surface area contributed by atoms with Gasteiger partial charge in [0.2, 0.25) is 0 Å². The molecule has 0 fully saturated rings. The fourth-order valence-electron chi connectivity index (χ4n) is 2.02. The molecule has 0 spiro atoms. The van der Waals surface area contributed by atoms with Crippen molar-refractivity contribution in [2.24, 2.45) is 0 Å². The summed E-state index contributed by atoms with van der Waals surface area (Å²) in [4.78, 5) is 24.1. The van der Waals surface area contributed by atoms with Gasteiger partial charge in [0.05, 0.1) is 5.69 Å². The van der Waals surface area contributed by atoms with Gasteiger partial charge in [-0.2, -0.15) is 0 Å². The molecular weight excluding hydrogens is 309 g/mol. The fourth-order valence-corrected chi connectivity index (χ4v) is 2.02. The lowest BCUT2D eigenvalue weighted by Crippen LogP contribution is -2.15. The summed E-state index contributed by atoms with van der Waals surface area (Å²) in [6.45, 7) is 0.536. The van der Waals surface area contributed by atoms with E-state index in [1.165, 1.54) is 24.5 Å². The molecule has 0 unspecified atom stereocenters. The van der Waals surface area contributed by atoms with Gasteiger partial charge in [0.1, 0.15) is 23.7 Å². The number of hydrogen-bond acceptors (Lipinski definition) is 5. The van der Waals surface area contributed by atoms with Gasteiger partial charge in [-0.3, -0.25) is 9.78 Å². The normalized spacial score (nSPS) is 10.2. The SMILES string of the molecule is O=C(Nc1ccccc1F)c1cc(NCc2ccncc2)ncn1. The molecule has 1 amide bonds. The molecule has 0 saturated carbocycles. The molecule has 0 radical (unpaired) electrons. The first-order chi connectivity index (χ1) is 11.7. The second-order valence-electron chi connectivity index (χ2n) is 4.93. The Hall–Kier alpha value is -3.35. The summed E-state index contributed by atoms with van der Waals surface area (Å²) >= 11 is 0. The molecule has 0 bridgehead atoms. The number of amides is 1. The monoisotopic (exact) mass is 323 g/mol. The molecule has 2 heterocycles. The van der Waals surface area contributed by atoms with Crippen molar-refractivity contribution in [2.75, 3.05) is 10.6 Å². The summed E-state index contributed by atoms with van der Waals surface area (Å²) in [7, 11) is 0. The minimum Gasteiger partial charge on any atom is -0.366 e. The lowest BCUT2D eigenvalue weighted by molar-refractivity contribution is 0.102. The second-order valence-corrected chi connectivity index (χ2v) is 4.93. The molecule has 0 atom stereocenters. The minimum absolute atomic E-state index is 0.104. The van der Waals surface area contributed by atoms with Crippen LogP contribution >= 0.6 is 0 Å². The van der Waals surface area contributed by atoms with E-state index >= 15 is 0 Å². The lowest BCUT2D eigenvalue weighted by Gasteiger charge is -2.08. The lowest BCUT2D eigenvalue weighted by atomic mass is 10.2. The van der Waals surface area contributed by atoms with Crippen LogP contribution in [0.25, 0.3) is 0 Å². The molecule has 0 aliphatic rings. The molecule has 0 saturated heterocycles. The molecule has 0 aliphatic heterocycles. The van der Waals surface area contributed by atoms with Crippen LogP contribution in [0.3, 0.4) is 0 Å². The van der Waals surface area contributed by atoms with Crippen molar-refractivity contribution in [2.45, 2.75) is 6.54 Å². The third-order valence-electron chi connectivity index (χ3n) is 3.24. The maximum Gasteiger partial charge on any atom is 0.274 e. The van der Waals surface area contributed by atoms with Gasteiger partial charge in [-0.25, -0.2) is 14.4 Å². The molecule has 2 N–H and O–H groups in total. The van der Waals surface area contributed by atoms with E-state index < -0.39 is 11.7 Å². The van der Waals surface area contributed by atoms with Crippen molar-refractivity contribution in [3.05, 3.63) is 78.3 Å². The number of rotatable bonds is 5. The Bertz CT molecular complexity index is 841. The van der Waals surface area contributed by atoms with Gasteiger partial charge in [-0.05, 0) is 29.8 Å². The van der Waals surface area contributed by atoms with Gasteiger partial charge in [0.25, 0.3) is 5.91 Å². The standard InChI is InChI=1S/C17H14FN5O/c18-13-3-1-2-4-14(13)23-17(24)15-9-16(22-11-21-15)20-10-12-5-7-19-8-6-12/h1-9,11H,10H2,(H,23,24)(H,20,21,22). The first-order valence-corrected chi connectivity index (χ1v) is 7.23. The second kappa shape index (κ2) is 7.28. The van der Waals surface area contributed by atoms with E-state index in [0.29, 0.717) is 12.4 Å². The van der Waals surface area contributed by atoms with Crippen LogP contribution in [0.5, 0.6) is 0 Å². The zero-order valence-electron chi connectivity index (χ0n) is 12.6. The van der Waals surface area contributed by atoms with Gasteiger partial charge >= 0.3 is 0 Å². The predicted molar refractivity (Wildman–Crippen MR) is 87.9 cm³/mol. The number of benzene rings is 1. The summed E-state index contributed by atoms with van der Waals surface area (Å²) in [5.41, 5.74) is 1.28. The van der Waals surface area contributed by atoms with E-state index in [0.717, 1.165) is 5.56 Å². The van der Waals surface area contributed by atoms with Crippen molar-refractivity contribution < 1.29 is 9.18 Å². The highest BCUT2D eigenvalue weighted by atomic mass is 19.1. The third-order valence-corrected chi connectivity index (χ3v) is 3.24. The number of nitrogens with zero attached hydrogens (tertiary/aromatic N) is 3. The summed E-state index contributed by atoms with van der Waals surface area (Å²) in [5.74, 6) is -0.508. The molecule has 120 valence electrons. The first kappa shape index (κ1) is 15.5. The number of aromatic nitrogens is 3. The number of pyridine rings is 1. The number of hydrogen-bond donors (Lipinski definition) is 2. The van der Waals surface area contributed by atoms with Gasteiger partial charge in [0, 0.05) is 25.0 Å². The van der Waals surface area contributed by atoms with Crippen LogP contribution in [0.1, 0.15) is 16.1 Å². The number of anilines is 2. The topological polar surface area (TPSA) is 79.8 Å². The smallest absolute Gasteiger partial charge is 0.274 e. The average Bonchev–Trinajstić information content (AvgIpc) is 2.63. The molecule has 1 aromatic carbocycles. The van der Waals surface area contributed by atoms with Crippen LogP contribution in [0.4, 0.5) is 15.9 Å². The number of para-hydroxylation sites is 1. The van der Waals surface area contributed by atoms with Gasteiger partial charge in [0.15, 0.2) is 0 Å². The van der Waals surface area contributed by atoms with Crippen LogP contribution in [0.2, 0.25) is 0 Å². The van der Waals surface area contributed by atoms with E-state index in [1.54, 1.807) is 24.5 Å². The van der Waals surface area contributed by atoms with Crippen LogP contribution in [-0.4, -0.2) is 20.9 Å². The minimum atomic E-state index is -0.505. The Balaban J connectivity index is 1.68. The van der Waals surface area contributed by atoms with Crippen molar-refractivity contribution >= 4 is 17.4 Å². The maximum absolute atomic E-state index is 13.6. The molecule has 0 aliphatic carbocycles.